The maximum absolute atomic E-state index is 13.8. The lowest BCUT2D eigenvalue weighted by Crippen LogP contribution is -2.30. The van der Waals surface area contributed by atoms with Crippen LogP contribution >= 0.6 is 0 Å². The minimum absolute atomic E-state index is 0.0730. The summed E-state index contributed by atoms with van der Waals surface area (Å²) < 4.78 is 0. The van der Waals surface area contributed by atoms with Crippen molar-refractivity contribution in [1.82, 2.24) is 5.32 Å². The number of benzene rings is 3. The number of rotatable bonds is 7. The van der Waals surface area contributed by atoms with E-state index in [2.05, 4.69) is 10.3 Å². The van der Waals surface area contributed by atoms with Crippen LogP contribution in [0.15, 0.2) is 89.4 Å². The standard InChI is InChI=1S/C30H28N2O3/c1-20-13-15-24(21(2)26(20)19-33)25-11-7-8-12-27(25)30(17-23(18-32-30)29(35)31-3)28(34)16-14-22-9-5-4-6-10-22/h4-18,33H,19H2,1-3H3,(H,31,35). The largest absolute Gasteiger partial charge is 0.392 e. The zero-order valence-electron chi connectivity index (χ0n) is 20.1. The Morgan fingerprint density at radius 2 is 1.69 bits per heavy atom. The number of aliphatic imine (C=N–C) groups is 1. The van der Waals surface area contributed by atoms with E-state index in [9.17, 15) is 14.7 Å². The number of carbonyl (C=O) groups is 2. The third-order valence-corrected chi connectivity index (χ3v) is 6.48. The summed E-state index contributed by atoms with van der Waals surface area (Å²) in [4.78, 5) is 30.9. The third-order valence-electron chi connectivity index (χ3n) is 6.48. The Bertz CT molecular complexity index is 1370. The molecular weight excluding hydrogens is 436 g/mol. The molecule has 1 amide bonds. The number of likely N-dealkylation sites (N-methyl/N-ethyl adjacent to an activating group) is 1. The smallest absolute Gasteiger partial charge is 0.252 e. The van der Waals surface area contributed by atoms with Crippen molar-refractivity contribution in [2.75, 3.05) is 7.05 Å². The maximum atomic E-state index is 13.8. The van der Waals surface area contributed by atoms with Gasteiger partial charge in [0.05, 0.1) is 12.2 Å². The van der Waals surface area contributed by atoms with E-state index in [1.54, 1.807) is 19.2 Å². The van der Waals surface area contributed by atoms with Gasteiger partial charge in [-0.05, 0) is 64.9 Å². The highest BCUT2D eigenvalue weighted by atomic mass is 16.3. The highest BCUT2D eigenvalue weighted by Gasteiger charge is 2.41. The van der Waals surface area contributed by atoms with Crippen LogP contribution in [0.2, 0.25) is 0 Å². The van der Waals surface area contributed by atoms with Gasteiger partial charge < -0.3 is 10.4 Å². The number of aliphatic hydroxyl groups excluding tert-OH is 1. The first-order chi connectivity index (χ1) is 16.9. The second-order valence-electron chi connectivity index (χ2n) is 8.55. The van der Waals surface area contributed by atoms with Crippen molar-refractivity contribution < 1.29 is 14.7 Å². The Morgan fingerprint density at radius 1 is 0.971 bits per heavy atom. The highest BCUT2D eigenvalue weighted by molar-refractivity contribution is 6.17. The van der Waals surface area contributed by atoms with Gasteiger partial charge in [0.25, 0.3) is 5.91 Å². The lowest BCUT2D eigenvalue weighted by molar-refractivity contribution is -0.118. The second-order valence-corrected chi connectivity index (χ2v) is 8.55. The van der Waals surface area contributed by atoms with Crippen molar-refractivity contribution in [2.45, 2.75) is 26.0 Å². The first kappa shape index (κ1) is 24.0. The molecule has 1 aliphatic heterocycles. The fourth-order valence-electron chi connectivity index (χ4n) is 4.49. The quantitative estimate of drug-likeness (QED) is 0.498. The molecule has 0 saturated carbocycles. The number of aryl methyl sites for hydroxylation is 1. The summed E-state index contributed by atoms with van der Waals surface area (Å²) in [6.45, 7) is 3.86. The Kier molecular flexibility index (Phi) is 6.90. The van der Waals surface area contributed by atoms with E-state index in [-0.39, 0.29) is 18.3 Å². The molecule has 3 aromatic carbocycles. The number of nitrogens with zero attached hydrogens (tertiary/aromatic N) is 1. The first-order valence-corrected chi connectivity index (χ1v) is 11.5. The molecule has 0 radical (unpaired) electrons. The minimum Gasteiger partial charge on any atom is -0.392 e. The molecule has 0 aliphatic carbocycles. The summed E-state index contributed by atoms with van der Waals surface area (Å²) in [6, 6.07) is 21.1. The van der Waals surface area contributed by atoms with Crippen LogP contribution in [-0.2, 0) is 21.7 Å². The SMILES string of the molecule is CNC(=O)C1=CC(C(=O)C=Cc2ccccc2)(c2ccccc2-c2ccc(C)c(CO)c2C)N=C1. The van der Waals surface area contributed by atoms with Gasteiger partial charge in [-0.15, -0.1) is 0 Å². The molecular formula is C30H28N2O3. The lowest BCUT2D eigenvalue weighted by Gasteiger charge is -2.26. The molecule has 2 N–H and O–H groups in total. The van der Waals surface area contributed by atoms with E-state index in [0.717, 1.165) is 33.4 Å². The van der Waals surface area contributed by atoms with Crippen LogP contribution in [0, 0.1) is 13.8 Å². The number of hydrogen-bond acceptors (Lipinski definition) is 4. The second kappa shape index (κ2) is 10.0. The van der Waals surface area contributed by atoms with Crippen LogP contribution in [0.1, 0.15) is 27.8 Å². The topological polar surface area (TPSA) is 78.8 Å². The van der Waals surface area contributed by atoms with Gasteiger partial charge in [0.1, 0.15) is 0 Å². The van der Waals surface area contributed by atoms with Crippen LogP contribution < -0.4 is 5.32 Å². The predicted molar refractivity (Wildman–Crippen MR) is 140 cm³/mol. The molecule has 3 aromatic rings. The summed E-state index contributed by atoms with van der Waals surface area (Å²) in [5.41, 5.74) is 5.05. The van der Waals surface area contributed by atoms with E-state index in [1.807, 2.05) is 80.6 Å². The Hall–Kier alpha value is -4.09. The van der Waals surface area contributed by atoms with Crippen molar-refractivity contribution in [3.8, 4) is 11.1 Å². The molecule has 176 valence electrons. The summed E-state index contributed by atoms with van der Waals surface area (Å²) in [6.07, 6.45) is 6.38. The summed E-state index contributed by atoms with van der Waals surface area (Å²) in [5, 5.41) is 12.6. The third kappa shape index (κ3) is 4.51. The van der Waals surface area contributed by atoms with Crippen LogP contribution in [0.5, 0.6) is 0 Å². The number of amides is 1. The van der Waals surface area contributed by atoms with Crippen molar-refractivity contribution in [3.63, 3.8) is 0 Å². The molecule has 1 unspecified atom stereocenters. The molecule has 4 rings (SSSR count). The van der Waals surface area contributed by atoms with Crippen LogP contribution in [-0.4, -0.2) is 30.1 Å². The van der Waals surface area contributed by atoms with Gasteiger partial charge >= 0.3 is 0 Å². The van der Waals surface area contributed by atoms with Gasteiger partial charge in [0, 0.05) is 13.3 Å². The van der Waals surface area contributed by atoms with E-state index < -0.39 is 5.54 Å². The van der Waals surface area contributed by atoms with Gasteiger partial charge in [0.2, 0.25) is 0 Å². The van der Waals surface area contributed by atoms with Gasteiger partial charge in [-0.25, -0.2) is 0 Å². The van der Waals surface area contributed by atoms with E-state index in [4.69, 9.17) is 0 Å². The average molecular weight is 465 g/mol. The molecule has 0 fully saturated rings. The summed E-state index contributed by atoms with van der Waals surface area (Å²) in [5.74, 6) is -0.557. The van der Waals surface area contributed by atoms with E-state index >= 15 is 0 Å². The Morgan fingerprint density at radius 3 is 2.40 bits per heavy atom. The molecule has 0 saturated heterocycles. The first-order valence-electron chi connectivity index (χ1n) is 11.5. The lowest BCUT2D eigenvalue weighted by atomic mass is 9.79. The maximum Gasteiger partial charge on any atom is 0.252 e. The van der Waals surface area contributed by atoms with E-state index in [1.165, 1.54) is 12.3 Å². The van der Waals surface area contributed by atoms with Gasteiger partial charge in [-0.2, -0.15) is 0 Å². The number of aliphatic hydroxyl groups is 1. The van der Waals surface area contributed by atoms with Crippen molar-refractivity contribution in [3.05, 3.63) is 112 Å². The number of carbonyl (C=O) groups excluding carboxylic acids is 2. The van der Waals surface area contributed by atoms with Crippen LogP contribution in [0.25, 0.3) is 17.2 Å². The van der Waals surface area contributed by atoms with Crippen molar-refractivity contribution >= 4 is 24.0 Å². The highest BCUT2D eigenvalue weighted by Crippen LogP contribution is 2.41. The van der Waals surface area contributed by atoms with Gasteiger partial charge in [0.15, 0.2) is 11.3 Å². The monoisotopic (exact) mass is 464 g/mol. The average Bonchev–Trinajstić information content (AvgIpc) is 3.34. The minimum atomic E-state index is -1.39. The zero-order chi connectivity index (χ0) is 25.0. The summed E-state index contributed by atoms with van der Waals surface area (Å²) >= 11 is 0. The molecule has 5 nitrogen and oxygen atoms in total. The molecule has 0 bridgehead atoms. The fourth-order valence-corrected chi connectivity index (χ4v) is 4.49. The molecule has 1 atom stereocenters. The van der Waals surface area contributed by atoms with Crippen LogP contribution in [0.4, 0.5) is 0 Å². The molecule has 1 heterocycles. The van der Waals surface area contributed by atoms with Gasteiger partial charge in [-0.1, -0.05) is 72.8 Å². The van der Waals surface area contributed by atoms with Crippen molar-refractivity contribution in [2.24, 2.45) is 4.99 Å². The number of ketones is 1. The predicted octanol–water partition coefficient (Wildman–Crippen LogP) is 4.70. The fraction of sp³-hybridized carbons (Fsp3) is 0.167. The number of hydrogen-bond donors (Lipinski definition) is 2. The Balaban J connectivity index is 1.91. The van der Waals surface area contributed by atoms with Crippen molar-refractivity contribution in [1.29, 1.82) is 0 Å². The molecule has 1 aliphatic rings. The van der Waals surface area contributed by atoms with Crippen LogP contribution in [0.3, 0.4) is 0 Å². The molecule has 0 aromatic heterocycles. The zero-order valence-corrected chi connectivity index (χ0v) is 20.1. The molecule has 5 heteroatoms. The van der Waals surface area contributed by atoms with E-state index in [0.29, 0.717) is 11.1 Å². The summed E-state index contributed by atoms with van der Waals surface area (Å²) in [7, 11) is 1.55. The Labute approximate surface area is 205 Å². The number of nitrogens with one attached hydrogen (secondary N) is 1. The normalized spacial score (nSPS) is 17.0. The molecule has 35 heavy (non-hydrogen) atoms. The van der Waals surface area contributed by atoms with Gasteiger partial charge in [-0.3, -0.25) is 14.6 Å². The molecule has 0 spiro atoms.